The van der Waals surface area contributed by atoms with Crippen molar-refractivity contribution in [3.63, 3.8) is 0 Å². The van der Waals surface area contributed by atoms with Crippen molar-refractivity contribution >= 4 is 23.2 Å². The molecule has 3 aromatic rings. The lowest BCUT2D eigenvalue weighted by Crippen LogP contribution is -2.40. The number of nitro benzene ring substituents is 1. The lowest BCUT2D eigenvalue weighted by atomic mass is 10.1. The van der Waals surface area contributed by atoms with Crippen LogP contribution in [0.2, 0.25) is 0 Å². The van der Waals surface area contributed by atoms with Gasteiger partial charge in [-0.2, -0.15) is 0 Å². The molecule has 2 heterocycles. The van der Waals surface area contributed by atoms with Gasteiger partial charge in [0, 0.05) is 54.9 Å². The van der Waals surface area contributed by atoms with Crippen LogP contribution in [0.15, 0.2) is 78.1 Å². The van der Waals surface area contributed by atoms with Crippen molar-refractivity contribution in [1.82, 2.24) is 15.2 Å². The minimum atomic E-state index is -1.04. The van der Waals surface area contributed by atoms with Crippen molar-refractivity contribution < 1.29 is 24.5 Å². The minimum absolute atomic E-state index is 0.00742. The summed E-state index contributed by atoms with van der Waals surface area (Å²) in [6.07, 6.45) is 1.05. The van der Waals surface area contributed by atoms with Gasteiger partial charge in [-0.1, -0.05) is 23.4 Å². The Morgan fingerprint density at radius 1 is 1.18 bits per heavy atom. The Hall–Kier alpha value is -4.64. The molecular formula is C27H27N5O6. The lowest BCUT2D eigenvalue weighted by Gasteiger charge is -2.24. The number of aliphatic hydroxyl groups excluding tert-OH is 1. The van der Waals surface area contributed by atoms with Gasteiger partial charge in [0.15, 0.2) is 0 Å². The Morgan fingerprint density at radius 3 is 2.55 bits per heavy atom. The van der Waals surface area contributed by atoms with E-state index in [1.54, 1.807) is 23.2 Å². The topological polar surface area (TPSA) is 147 Å². The van der Waals surface area contributed by atoms with E-state index in [-0.39, 0.29) is 37.0 Å². The highest BCUT2D eigenvalue weighted by atomic mass is 16.6. The van der Waals surface area contributed by atoms with Crippen LogP contribution in [0.25, 0.3) is 11.3 Å². The van der Waals surface area contributed by atoms with Gasteiger partial charge < -0.3 is 20.2 Å². The lowest BCUT2D eigenvalue weighted by molar-refractivity contribution is -0.384. The molecule has 1 aromatic heterocycles. The van der Waals surface area contributed by atoms with Crippen LogP contribution in [0.3, 0.4) is 0 Å². The molecule has 1 aliphatic heterocycles. The van der Waals surface area contributed by atoms with Crippen molar-refractivity contribution in [2.24, 2.45) is 5.16 Å². The number of benzene rings is 2. The first-order chi connectivity index (χ1) is 18.4. The molecule has 2 atom stereocenters. The first-order valence-electron chi connectivity index (χ1n) is 12.0. The van der Waals surface area contributed by atoms with E-state index >= 15 is 0 Å². The maximum atomic E-state index is 13.4. The number of pyridine rings is 1. The SMILES string of the molecule is CON=C1C[C@@H](CC(=O)NCC(O)c2ccc([N+](=O)[O-])cc2)N(C(=O)c2ccc(-c3ccccn3)cc2)C1. The third-order valence-electron chi connectivity index (χ3n) is 6.24. The number of aliphatic hydroxyl groups is 1. The number of oxime groups is 1. The minimum Gasteiger partial charge on any atom is -0.399 e. The third kappa shape index (κ3) is 6.37. The van der Waals surface area contributed by atoms with Crippen molar-refractivity contribution in [1.29, 1.82) is 0 Å². The highest BCUT2D eigenvalue weighted by Crippen LogP contribution is 2.24. The van der Waals surface area contributed by atoms with Crippen LogP contribution in [-0.4, -0.2) is 63.7 Å². The van der Waals surface area contributed by atoms with Crippen LogP contribution in [0.4, 0.5) is 5.69 Å². The molecule has 38 heavy (non-hydrogen) atoms. The summed E-state index contributed by atoms with van der Waals surface area (Å²) in [5.41, 5.74) is 3.16. The standard InChI is InChI=1S/C27H27N5O6/c1-38-30-21-14-23(15-26(34)29-16-25(33)19-9-11-22(12-10-19)32(36)37)31(17-21)27(35)20-7-5-18(6-8-20)24-4-2-3-13-28-24/h2-13,23,25,33H,14-17H2,1H3,(H,29,34)/t23-,25?/m0/s1. The Balaban J connectivity index is 1.39. The number of hydrogen-bond donors (Lipinski definition) is 2. The van der Waals surface area contributed by atoms with Crippen LogP contribution in [-0.2, 0) is 9.63 Å². The number of aromatic nitrogens is 1. The van der Waals surface area contributed by atoms with Gasteiger partial charge in [-0.05, 0) is 42.0 Å². The number of amides is 2. The third-order valence-corrected chi connectivity index (χ3v) is 6.24. The second-order valence-corrected chi connectivity index (χ2v) is 8.80. The van der Waals surface area contributed by atoms with Gasteiger partial charge in [0.1, 0.15) is 7.11 Å². The second kappa shape index (κ2) is 12.1. The number of rotatable bonds is 9. The van der Waals surface area contributed by atoms with E-state index in [1.165, 1.54) is 31.4 Å². The molecule has 1 aliphatic rings. The average Bonchev–Trinajstić information content (AvgIpc) is 3.34. The summed E-state index contributed by atoms with van der Waals surface area (Å²) in [6.45, 7) is 0.156. The smallest absolute Gasteiger partial charge is 0.269 e. The Bertz CT molecular complexity index is 1310. The van der Waals surface area contributed by atoms with E-state index in [9.17, 15) is 24.8 Å². The van der Waals surface area contributed by atoms with Crippen molar-refractivity contribution in [3.05, 3.63) is 94.2 Å². The summed E-state index contributed by atoms with van der Waals surface area (Å²) in [7, 11) is 1.43. The van der Waals surface area contributed by atoms with Crippen LogP contribution in [0.1, 0.15) is 34.9 Å². The first kappa shape index (κ1) is 26.4. The summed E-state index contributed by atoms with van der Waals surface area (Å²) < 4.78 is 0. The molecule has 2 amide bonds. The fourth-order valence-electron chi connectivity index (χ4n) is 4.30. The van der Waals surface area contributed by atoms with Gasteiger partial charge in [-0.3, -0.25) is 24.7 Å². The van der Waals surface area contributed by atoms with Crippen LogP contribution < -0.4 is 5.32 Å². The molecule has 0 spiro atoms. The van der Waals surface area contributed by atoms with Crippen LogP contribution >= 0.6 is 0 Å². The van der Waals surface area contributed by atoms with Crippen LogP contribution in [0, 0.1) is 10.1 Å². The highest BCUT2D eigenvalue weighted by Gasteiger charge is 2.35. The monoisotopic (exact) mass is 517 g/mol. The Kier molecular flexibility index (Phi) is 8.39. The molecule has 11 nitrogen and oxygen atoms in total. The molecule has 1 fully saturated rings. The second-order valence-electron chi connectivity index (χ2n) is 8.80. The number of nitrogens with zero attached hydrogens (tertiary/aromatic N) is 4. The fourth-order valence-corrected chi connectivity index (χ4v) is 4.30. The molecule has 2 N–H and O–H groups in total. The number of likely N-dealkylation sites (tertiary alicyclic amines) is 1. The zero-order chi connectivity index (χ0) is 27.1. The molecule has 1 saturated heterocycles. The number of non-ortho nitro benzene ring substituents is 1. The molecule has 1 unspecified atom stereocenters. The molecular weight excluding hydrogens is 490 g/mol. The molecule has 11 heteroatoms. The van der Waals surface area contributed by atoms with E-state index in [4.69, 9.17) is 4.84 Å². The molecule has 0 bridgehead atoms. The van der Waals surface area contributed by atoms with Crippen LogP contribution in [0.5, 0.6) is 0 Å². The summed E-state index contributed by atoms with van der Waals surface area (Å²) in [4.78, 5) is 47.2. The Morgan fingerprint density at radius 2 is 1.92 bits per heavy atom. The van der Waals surface area contributed by atoms with Crippen molar-refractivity contribution in [2.75, 3.05) is 20.2 Å². The number of nitrogens with one attached hydrogen (secondary N) is 1. The number of hydrogen-bond acceptors (Lipinski definition) is 8. The van der Waals surface area contributed by atoms with Gasteiger partial charge in [-0.25, -0.2) is 0 Å². The maximum Gasteiger partial charge on any atom is 0.269 e. The molecule has 2 aromatic carbocycles. The summed E-state index contributed by atoms with van der Waals surface area (Å²) in [5.74, 6) is -0.583. The predicted octanol–water partition coefficient (Wildman–Crippen LogP) is 3.11. The molecule has 4 rings (SSSR count). The van der Waals surface area contributed by atoms with Gasteiger partial charge in [0.25, 0.3) is 11.6 Å². The highest BCUT2D eigenvalue weighted by molar-refractivity contribution is 6.01. The molecule has 196 valence electrons. The van der Waals surface area contributed by atoms with Crippen molar-refractivity contribution in [3.8, 4) is 11.3 Å². The van der Waals surface area contributed by atoms with E-state index in [0.717, 1.165) is 11.3 Å². The largest absolute Gasteiger partial charge is 0.399 e. The quantitative estimate of drug-likeness (QED) is 0.327. The van der Waals surface area contributed by atoms with Gasteiger partial charge >= 0.3 is 0 Å². The summed E-state index contributed by atoms with van der Waals surface area (Å²) in [5, 5.41) is 27.8. The number of carbonyl (C=O) groups is 2. The number of nitro groups is 1. The summed E-state index contributed by atoms with van der Waals surface area (Å²) in [6, 6.07) is 17.8. The maximum absolute atomic E-state index is 13.4. The predicted molar refractivity (Wildman–Crippen MR) is 139 cm³/mol. The van der Waals surface area contributed by atoms with Gasteiger partial charge in [-0.15, -0.1) is 0 Å². The van der Waals surface area contributed by atoms with E-state index < -0.39 is 17.1 Å². The number of carbonyl (C=O) groups excluding carboxylic acids is 2. The Labute approximate surface area is 218 Å². The van der Waals surface area contributed by atoms with E-state index in [0.29, 0.717) is 23.3 Å². The summed E-state index contributed by atoms with van der Waals surface area (Å²) >= 11 is 0. The molecule has 0 radical (unpaired) electrons. The van der Waals surface area contributed by atoms with E-state index in [1.807, 2.05) is 30.3 Å². The zero-order valence-electron chi connectivity index (χ0n) is 20.7. The van der Waals surface area contributed by atoms with E-state index in [2.05, 4.69) is 15.5 Å². The first-order valence-corrected chi connectivity index (χ1v) is 12.0. The van der Waals surface area contributed by atoms with Crippen molar-refractivity contribution in [2.45, 2.75) is 25.0 Å². The van der Waals surface area contributed by atoms with Gasteiger partial charge in [0.05, 0.1) is 29.0 Å². The zero-order valence-corrected chi connectivity index (χ0v) is 20.7. The average molecular weight is 518 g/mol. The molecule has 0 aliphatic carbocycles. The molecule has 0 saturated carbocycles. The van der Waals surface area contributed by atoms with Gasteiger partial charge in [0.2, 0.25) is 5.91 Å². The fraction of sp³-hybridized carbons (Fsp3) is 0.259. The normalized spacial score (nSPS) is 16.7.